The zero-order valence-corrected chi connectivity index (χ0v) is 16.9. The molecule has 8 heteroatoms. The number of carbonyl (C=O) groups is 3. The van der Waals surface area contributed by atoms with E-state index in [0.717, 1.165) is 0 Å². The van der Waals surface area contributed by atoms with E-state index in [4.69, 9.17) is 4.74 Å². The SMILES string of the molecule is CCNC(=O)c1cccc(NCC(=O)Nc2ccc(C(=O)N3CCOCC3)cc2)c1. The second-order valence-corrected chi connectivity index (χ2v) is 6.82. The van der Waals surface area contributed by atoms with Crippen molar-refractivity contribution in [1.82, 2.24) is 10.2 Å². The van der Waals surface area contributed by atoms with Gasteiger partial charge >= 0.3 is 0 Å². The Labute approximate surface area is 175 Å². The van der Waals surface area contributed by atoms with Crippen LogP contribution in [0.4, 0.5) is 11.4 Å². The van der Waals surface area contributed by atoms with E-state index in [-0.39, 0.29) is 24.3 Å². The third-order valence-electron chi connectivity index (χ3n) is 4.63. The van der Waals surface area contributed by atoms with Crippen LogP contribution in [0.25, 0.3) is 0 Å². The molecular weight excluding hydrogens is 384 g/mol. The van der Waals surface area contributed by atoms with Crippen LogP contribution in [0, 0.1) is 0 Å². The fraction of sp³-hybridized carbons (Fsp3) is 0.318. The average Bonchev–Trinajstić information content (AvgIpc) is 2.79. The number of morpholine rings is 1. The fourth-order valence-corrected chi connectivity index (χ4v) is 3.07. The molecule has 1 aliphatic heterocycles. The number of anilines is 2. The van der Waals surface area contributed by atoms with Gasteiger partial charge in [0.25, 0.3) is 11.8 Å². The maximum Gasteiger partial charge on any atom is 0.254 e. The van der Waals surface area contributed by atoms with Crippen molar-refractivity contribution in [3.8, 4) is 0 Å². The van der Waals surface area contributed by atoms with Crippen molar-refractivity contribution in [3.63, 3.8) is 0 Å². The molecule has 2 aromatic carbocycles. The highest BCUT2D eigenvalue weighted by Crippen LogP contribution is 2.14. The molecule has 0 bridgehead atoms. The molecule has 3 N–H and O–H groups in total. The van der Waals surface area contributed by atoms with Crippen molar-refractivity contribution in [1.29, 1.82) is 0 Å². The predicted octanol–water partition coefficient (Wildman–Crippen LogP) is 1.96. The monoisotopic (exact) mass is 410 g/mol. The van der Waals surface area contributed by atoms with Crippen LogP contribution < -0.4 is 16.0 Å². The molecule has 3 rings (SSSR count). The lowest BCUT2D eigenvalue weighted by Gasteiger charge is -2.26. The number of hydrogen-bond donors (Lipinski definition) is 3. The van der Waals surface area contributed by atoms with Gasteiger partial charge in [-0.3, -0.25) is 14.4 Å². The Morgan fingerprint density at radius 2 is 1.70 bits per heavy atom. The number of carbonyl (C=O) groups excluding carboxylic acids is 3. The Hall–Kier alpha value is -3.39. The molecule has 1 fully saturated rings. The van der Waals surface area contributed by atoms with Gasteiger partial charge in [-0.15, -0.1) is 0 Å². The van der Waals surface area contributed by atoms with Gasteiger partial charge in [-0.25, -0.2) is 0 Å². The molecule has 1 saturated heterocycles. The van der Waals surface area contributed by atoms with Crippen molar-refractivity contribution in [2.45, 2.75) is 6.92 Å². The second-order valence-electron chi connectivity index (χ2n) is 6.82. The molecule has 3 amide bonds. The molecule has 8 nitrogen and oxygen atoms in total. The minimum absolute atomic E-state index is 0.0372. The van der Waals surface area contributed by atoms with Crippen molar-refractivity contribution < 1.29 is 19.1 Å². The Morgan fingerprint density at radius 1 is 0.967 bits per heavy atom. The van der Waals surface area contributed by atoms with Gasteiger partial charge in [-0.2, -0.15) is 0 Å². The summed E-state index contributed by atoms with van der Waals surface area (Å²) in [6.45, 7) is 4.74. The van der Waals surface area contributed by atoms with Gasteiger partial charge in [0.1, 0.15) is 0 Å². The summed E-state index contributed by atoms with van der Waals surface area (Å²) in [4.78, 5) is 38.3. The van der Waals surface area contributed by atoms with Crippen LogP contribution in [0.2, 0.25) is 0 Å². The lowest BCUT2D eigenvalue weighted by Crippen LogP contribution is -2.40. The molecule has 0 spiro atoms. The van der Waals surface area contributed by atoms with Gasteiger partial charge in [-0.1, -0.05) is 6.07 Å². The predicted molar refractivity (Wildman–Crippen MR) is 115 cm³/mol. The lowest BCUT2D eigenvalue weighted by molar-refractivity contribution is -0.114. The third kappa shape index (κ3) is 5.81. The summed E-state index contributed by atoms with van der Waals surface area (Å²) in [5, 5.41) is 8.54. The summed E-state index contributed by atoms with van der Waals surface area (Å²) in [7, 11) is 0. The Bertz CT molecular complexity index is 892. The highest BCUT2D eigenvalue weighted by molar-refractivity contribution is 5.97. The topological polar surface area (TPSA) is 99.8 Å². The number of benzene rings is 2. The van der Waals surface area contributed by atoms with Crippen LogP contribution in [0.15, 0.2) is 48.5 Å². The average molecular weight is 410 g/mol. The fourth-order valence-electron chi connectivity index (χ4n) is 3.07. The minimum Gasteiger partial charge on any atom is -0.378 e. The number of nitrogens with one attached hydrogen (secondary N) is 3. The van der Waals surface area contributed by atoms with Gasteiger partial charge in [0.15, 0.2) is 0 Å². The number of hydrogen-bond acceptors (Lipinski definition) is 5. The highest BCUT2D eigenvalue weighted by Gasteiger charge is 2.18. The molecule has 0 atom stereocenters. The van der Waals surface area contributed by atoms with Gasteiger partial charge in [0.2, 0.25) is 5.91 Å². The first kappa shape index (κ1) is 21.3. The zero-order valence-electron chi connectivity index (χ0n) is 16.9. The van der Waals surface area contributed by atoms with E-state index in [2.05, 4.69) is 16.0 Å². The molecule has 1 heterocycles. The standard InChI is InChI=1S/C22H26N4O4/c1-2-23-21(28)17-4-3-5-19(14-17)24-15-20(27)25-18-8-6-16(7-9-18)22(29)26-10-12-30-13-11-26/h3-9,14,24H,2,10-13,15H2,1H3,(H,23,28)(H,25,27). The normalized spacial score (nSPS) is 13.4. The van der Waals surface area contributed by atoms with Crippen LogP contribution in [0.3, 0.4) is 0 Å². The maximum absolute atomic E-state index is 12.5. The lowest BCUT2D eigenvalue weighted by atomic mass is 10.1. The van der Waals surface area contributed by atoms with E-state index in [1.165, 1.54) is 0 Å². The molecule has 0 saturated carbocycles. The Morgan fingerprint density at radius 3 is 2.40 bits per heavy atom. The summed E-state index contributed by atoms with van der Waals surface area (Å²) in [6.07, 6.45) is 0. The molecule has 0 radical (unpaired) electrons. The van der Waals surface area contributed by atoms with E-state index in [1.807, 2.05) is 6.92 Å². The van der Waals surface area contributed by atoms with Gasteiger partial charge in [0.05, 0.1) is 19.8 Å². The largest absolute Gasteiger partial charge is 0.378 e. The van der Waals surface area contributed by atoms with Crippen molar-refractivity contribution in [2.24, 2.45) is 0 Å². The van der Waals surface area contributed by atoms with Crippen LogP contribution in [-0.2, 0) is 9.53 Å². The Balaban J connectivity index is 1.51. The van der Waals surface area contributed by atoms with Crippen molar-refractivity contribution in [3.05, 3.63) is 59.7 Å². The molecular formula is C22H26N4O4. The van der Waals surface area contributed by atoms with Crippen molar-refractivity contribution >= 4 is 29.1 Å². The van der Waals surface area contributed by atoms with E-state index in [0.29, 0.717) is 55.3 Å². The first-order valence-corrected chi connectivity index (χ1v) is 9.96. The summed E-state index contributed by atoms with van der Waals surface area (Å²) in [6, 6.07) is 13.8. The first-order chi connectivity index (χ1) is 14.6. The number of nitrogens with zero attached hydrogens (tertiary/aromatic N) is 1. The Kier molecular flexibility index (Phi) is 7.40. The first-order valence-electron chi connectivity index (χ1n) is 9.96. The number of ether oxygens (including phenoxy) is 1. The molecule has 1 aliphatic rings. The van der Waals surface area contributed by atoms with Crippen LogP contribution >= 0.6 is 0 Å². The minimum atomic E-state index is -0.231. The molecule has 0 unspecified atom stereocenters. The van der Waals surface area contributed by atoms with Crippen molar-refractivity contribution in [2.75, 3.05) is 50.0 Å². The summed E-state index contributed by atoms with van der Waals surface area (Å²) >= 11 is 0. The molecule has 2 aromatic rings. The summed E-state index contributed by atoms with van der Waals surface area (Å²) < 4.78 is 5.27. The zero-order chi connectivity index (χ0) is 21.3. The van der Waals surface area contributed by atoms with E-state index < -0.39 is 0 Å². The van der Waals surface area contributed by atoms with Crippen LogP contribution in [0.1, 0.15) is 27.6 Å². The van der Waals surface area contributed by atoms with Crippen LogP contribution in [0.5, 0.6) is 0 Å². The smallest absolute Gasteiger partial charge is 0.254 e. The quantitative estimate of drug-likeness (QED) is 0.648. The second kappa shape index (κ2) is 10.4. The summed E-state index contributed by atoms with van der Waals surface area (Å²) in [5.41, 5.74) is 2.40. The van der Waals surface area contributed by atoms with Gasteiger partial charge in [-0.05, 0) is 49.4 Å². The number of amides is 3. The molecule has 158 valence electrons. The van der Waals surface area contributed by atoms with Crippen LogP contribution in [-0.4, -0.2) is 62.0 Å². The van der Waals surface area contributed by atoms with E-state index in [1.54, 1.807) is 53.4 Å². The molecule has 30 heavy (non-hydrogen) atoms. The number of rotatable bonds is 7. The summed E-state index contributed by atoms with van der Waals surface area (Å²) in [5.74, 6) is -0.423. The van der Waals surface area contributed by atoms with E-state index in [9.17, 15) is 14.4 Å². The molecule has 0 aromatic heterocycles. The molecule has 0 aliphatic carbocycles. The van der Waals surface area contributed by atoms with Gasteiger partial charge < -0.3 is 25.6 Å². The van der Waals surface area contributed by atoms with Gasteiger partial charge in [0, 0.05) is 42.1 Å². The third-order valence-corrected chi connectivity index (χ3v) is 4.63. The highest BCUT2D eigenvalue weighted by atomic mass is 16.5. The maximum atomic E-state index is 12.5. The van der Waals surface area contributed by atoms with E-state index >= 15 is 0 Å².